The average Bonchev–Trinajstić information content (AvgIpc) is 3.39. The number of pyridine rings is 1. The van der Waals surface area contributed by atoms with E-state index in [0.717, 1.165) is 24.2 Å². The fourth-order valence-corrected chi connectivity index (χ4v) is 3.29. The summed E-state index contributed by atoms with van der Waals surface area (Å²) in [6.07, 6.45) is 6.60. The zero-order valence-corrected chi connectivity index (χ0v) is 14.7. The minimum atomic E-state index is -0.225. The Morgan fingerprint density at radius 1 is 1.38 bits per heavy atom. The number of fused-ring (bicyclic) bond motifs is 1. The lowest BCUT2D eigenvalue weighted by molar-refractivity contribution is 0.0943. The Morgan fingerprint density at radius 2 is 2.31 bits per heavy atom. The number of nitrogens with one attached hydrogen (secondary N) is 2. The third-order valence-corrected chi connectivity index (χ3v) is 4.70. The van der Waals surface area contributed by atoms with Crippen LogP contribution in [0, 0.1) is 0 Å². The summed E-state index contributed by atoms with van der Waals surface area (Å²) in [4.78, 5) is 18.6. The number of hydrogen-bond donors (Lipinski definition) is 2. The maximum atomic E-state index is 12.3. The number of aryl methyl sites for hydroxylation is 1. The van der Waals surface area contributed by atoms with Gasteiger partial charge in [-0.1, -0.05) is 0 Å². The zero-order chi connectivity index (χ0) is 17.9. The second-order valence-corrected chi connectivity index (χ2v) is 6.50. The van der Waals surface area contributed by atoms with Gasteiger partial charge in [-0.25, -0.2) is 0 Å². The van der Waals surface area contributed by atoms with E-state index < -0.39 is 0 Å². The average molecular weight is 351 g/mol. The number of carbonyl (C=O) groups excluding carboxylic acids is 1. The van der Waals surface area contributed by atoms with Gasteiger partial charge < -0.3 is 14.6 Å². The van der Waals surface area contributed by atoms with Crippen molar-refractivity contribution in [3.05, 3.63) is 65.1 Å². The van der Waals surface area contributed by atoms with Crippen molar-refractivity contribution in [2.45, 2.75) is 32.4 Å². The first-order chi connectivity index (χ1) is 12.7. The number of hydrogen-bond acceptors (Lipinski definition) is 5. The largest absolute Gasteiger partial charge is 0.467 e. The van der Waals surface area contributed by atoms with E-state index in [0.29, 0.717) is 24.5 Å². The molecule has 0 aromatic carbocycles. The molecule has 7 heteroatoms. The van der Waals surface area contributed by atoms with Crippen LogP contribution >= 0.6 is 0 Å². The highest BCUT2D eigenvalue weighted by Gasteiger charge is 2.19. The number of furan rings is 1. The SMILES string of the molecule is CN(Cc1n[nH]c2c1CCC2)c1ccnc(C(=O)NCc2ccco2)c1. The number of nitrogens with zero attached hydrogens (tertiary/aromatic N) is 3. The predicted octanol–water partition coefficient (Wildman–Crippen LogP) is 2.45. The van der Waals surface area contributed by atoms with Crippen LogP contribution in [0.15, 0.2) is 41.1 Å². The molecule has 134 valence electrons. The van der Waals surface area contributed by atoms with E-state index in [1.165, 1.54) is 17.7 Å². The van der Waals surface area contributed by atoms with Gasteiger partial charge in [0, 0.05) is 24.6 Å². The molecule has 1 aliphatic rings. The van der Waals surface area contributed by atoms with E-state index in [-0.39, 0.29) is 5.91 Å². The van der Waals surface area contributed by atoms with Crippen molar-refractivity contribution in [3.8, 4) is 0 Å². The smallest absolute Gasteiger partial charge is 0.270 e. The molecule has 1 amide bonds. The molecule has 0 saturated heterocycles. The van der Waals surface area contributed by atoms with Crippen LogP contribution in [0.4, 0.5) is 5.69 Å². The molecule has 26 heavy (non-hydrogen) atoms. The Bertz CT molecular complexity index is 901. The van der Waals surface area contributed by atoms with Crippen LogP contribution in [-0.4, -0.2) is 28.1 Å². The molecular formula is C19H21N5O2. The lowest BCUT2D eigenvalue weighted by atomic mass is 10.2. The van der Waals surface area contributed by atoms with Crippen molar-refractivity contribution in [1.29, 1.82) is 0 Å². The summed E-state index contributed by atoms with van der Waals surface area (Å²) in [6, 6.07) is 7.31. The summed E-state index contributed by atoms with van der Waals surface area (Å²) in [5.41, 5.74) is 5.01. The van der Waals surface area contributed by atoms with Crippen LogP contribution in [0.25, 0.3) is 0 Å². The van der Waals surface area contributed by atoms with Crippen molar-refractivity contribution in [3.63, 3.8) is 0 Å². The molecule has 0 radical (unpaired) electrons. The van der Waals surface area contributed by atoms with Gasteiger partial charge in [-0.15, -0.1) is 0 Å². The van der Waals surface area contributed by atoms with Crippen LogP contribution in [0.3, 0.4) is 0 Å². The Balaban J connectivity index is 1.43. The summed E-state index contributed by atoms with van der Waals surface area (Å²) in [6.45, 7) is 1.04. The minimum Gasteiger partial charge on any atom is -0.467 e. The standard InChI is InChI=1S/C19H21N5O2/c1-24(12-18-15-5-2-6-16(15)22-23-18)13-7-8-20-17(10-13)19(25)21-11-14-4-3-9-26-14/h3-4,7-10H,2,5-6,11-12H2,1H3,(H,21,25)(H,22,23). The maximum absolute atomic E-state index is 12.3. The highest BCUT2D eigenvalue weighted by atomic mass is 16.3. The van der Waals surface area contributed by atoms with E-state index in [1.807, 2.05) is 19.2 Å². The van der Waals surface area contributed by atoms with Gasteiger partial charge in [0.15, 0.2) is 0 Å². The van der Waals surface area contributed by atoms with Gasteiger partial charge >= 0.3 is 0 Å². The number of rotatable bonds is 6. The van der Waals surface area contributed by atoms with Crippen molar-refractivity contribution in [2.75, 3.05) is 11.9 Å². The molecule has 0 unspecified atom stereocenters. The van der Waals surface area contributed by atoms with Gasteiger partial charge in [-0.2, -0.15) is 5.10 Å². The predicted molar refractivity (Wildman–Crippen MR) is 96.8 cm³/mol. The number of aromatic amines is 1. The second kappa shape index (κ2) is 7.03. The summed E-state index contributed by atoms with van der Waals surface area (Å²) < 4.78 is 5.22. The van der Waals surface area contributed by atoms with Crippen LogP contribution in [0.5, 0.6) is 0 Å². The lowest BCUT2D eigenvalue weighted by Crippen LogP contribution is -2.24. The lowest BCUT2D eigenvalue weighted by Gasteiger charge is -2.19. The Hall–Kier alpha value is -3.09. The van der Waals surface area contributed by atoms with Crippen LogP contribution in [0.2, 0.25) is 0 Å². The molecule has 4 rings (SSSR count). The summed E-state index contributed by atoms with van der Waals surface area (Å²) in [5.74, 6) is 0.483. The molecule has 0 atom stereocenters. The maximum Gasteiger partial charge on any atom is 0.270 e. The Labute approximate surface area is 151 Å². The fourth-order valence-electron chi connectivity index (χ4n) is 3.29. The van der Waals surface area contributed by atoms with Crippen LogP contribution in [0.1, 0.15) is 39.6 Å². The van der Waals surface area contributed by atoms with E-state index in [2.05, 4.69) is 25.4 Å². The fraction of sp³-hybridized carbons (Fsp3) is 0.316. The number of amides is 1. The Kier molecular flexibility index (Phi) is 4.43. The number of H-pyrrole nitrogens is 1. The first kappa shape index (κ1) is 16.4. The monoisotopic (exact) mass is 351 g/mol. The van der Waals surface area contributed by atoms with Gasteiger partial charge in [0.25, 0.3) is 5.91 Å². The quantitative estimate of drug-likeness (QED) is 0.712. The van der Waals surface area contributed by atoms with E-state index in [1.54, 1.807) is 24.6 Å². The molecular weight excluding hydrogens is 330 g/mol. The minimum absolute atomic E-state index is 0.225. The summed E-state index contributed by atoms with van der Waals surface area (Å²) >= 11 is 0. The molecule has 3 heterocycles. The van der Waals surface area contributed by atoms with Gasteiger partial charge in [-0.3, -0.25) is 14.9 Å². The molecule has 0 aliphatic heterocycles. The van der Waals surface area contributed by atoms with Crippen LogP contribution < -0.4 is 10.2 Å². The zero-order valence-electron chi connectivity index (χ0n) is 14.7. The molecule has 2 N–H and O–H groups in total. The molecule has 0 fully saturated rings. The molecule has 1 aliphatic carbocycles. The summed E-state index contributed by atoms with van der Waals surface area (Å²) in [5, 5.41) is 10.4. The van der Waals surface area contributed by atoms with E-state index in [9.17, 15) is 4.79 Å². The number of anilines is 1. The van der Waals surface area contributed by atoms with Crippen molar-refractivity contribution in [1.82, 2.24) is 20.5 Å². The number of aromatic nitrogens is 3. The molecule has 0 saturated carbocycles. The topological polar surface area (TPSA) is 87.0 Å². The third kappa shape index (κ3) is 3.33. The van der Waals surface area contributed by atoms with Crippen LogP contribution in [-0.2, 0) is 25.9 Å². The molecule has 0 spiro atoms. The van der Waals surface area contributed by atoms with E-state index in [4.69, 9.17) is 4.42 Å². The normalized spacial score (nSPS) is 12.8. The first-order valence-corrected chi connectivity index (χ1v) is 8.73. The second-order valence-electron chi connectivity index (χ2n) is 6.50. The van der Waals surface area contributed by atoms with E-state index >= 15 is 0 Å². The molecule has 3 aromatic heterocycles. The summed E-state index contributed by atoms with van der Waals surface area (Å²) in [7, 11) is 2.00. The van der Waals surface area contributed by atoms with Crippen molar-refractivity contribution in [2.24, 2.45) is 0 Å². The van der Waals surface area contributed by atoms with Crippen molar-refractivity contribution < 1.29 is 9.21 Å². The highest BCUT2D eigenvalue weighted by Crippen LogP contribution is 2.25. The van der Waals surface area contributed by atoms with Gasteiger partial charge in [0.05, 0.1) is 25.0 Å². The molecule has 7 nitrogen and oxygen atoms in total. The van der Waals surface area contributed by atoms with Gasteiger partial charge in [0.1, 0.15) is 11.5 Å². The van der Waals surface area contributed by atoms with Gasteiger partial charge in [-0.05, 0) is 49.1 Å². The number of carbonyl (C=O) groups is 1. The molecule has 0 bridgehead atoms. The van der Waals surface area contributed by atoms with Gasteiger partial charge in [0.2, 0.25) is 0 Å². The first-order valence-electron chi connectivity index (χ1n) is 8.73. The third-order valence-electron chi connectivity index (χ3n) is 4.70. The highest BCUT2D eigenvalue weighted by molar-refractivity contribution is 5.93. The Morgan fingerprint density at radius 3 is 3.15 bits per heavy atom. The van der Waals surface area contributed by atoms with Crippen molar-refractivity contribution >= 4 is 11.6 Å². The molecule has 3 aromatic rings.